The number of nitrogens with zero attached hydrogens (tertiary/aromatic N) is 4. The van der Waals surface area contributed by atoms with Crippen molar-refractivity contribution in [3.63, 3.8) is 0 Å². The summed E-state index contributed by atoms with van der Waals surface area (Å²) >= 11 is 1.05. The molecule has 158 valence electrons. The number of halogens is 2. The number of nitrogens with one attached hydrogen (secondary N) is 2. The second-order valence-corrected chi connectivity index (χ2v) is 7.62. The number of anilines is 1. The van der Waals surface area contributed by atoms with Gasteiger partial charge in [0.1, 0.15) is 5.69 Å². The minimum atomic E-state index is -1.04. The van der Waals surface area contributed by atoms with Gasteiger partial charge in [-0.3, -0.25) is 9.89 Å². The molecule has 11 heteroatoms. The number of aryl methyl sites for hydroxylation is 1. The Morgan fingerprint density at radius 2 is 1.90 bits per heavy atom. The summed E-state index contributed by atoms with van der Waals surface area (Å²) in [6.45, 7) is 2.01. The number of aromatic amines is 1. The first-order chi connectivity index (χ1) is 14.9. The highest BCUT2D eigenvalue weighted by molar-refractivity contribution is 7.99. The van der Waals surface area contributed by atoms with Crippen LogP contribution in [0.15, 0.2) is 53.7 Å². The molecule has 2 aromatic heterocycles. The van der Waals surface area contributed by atoms with Gasteiger partial charge in [-0.25, -0.2) is 13.5 Å². The number of carbonyl (C=O) groups is 1. The van der Waals surface area contributed by atoms with Gasteiger partial charge < -0.3 is 11.2 Å². The van der Waals surface area contributed by atoms with E-state index in [0.29, 0.717) is 16.7 Å². The molecule has 4 N–H and O–H groups in total. The normalized spacial score (nSPS) is 10.9. The molecule has 0 aliphatic carbocycles. The lowest BCUT2D eigenvalue weighted by atomic mass is 10.1. The summed E-state index contributed by atoms with van der Waals surface area (Å²) in [6.07, 6.45) is 0. The molecule has 0 aliphatic rings. The smallest absolute Gasteiger partial charge is 0.234 e. The van der Waals surface area contributed by atoms with E-state index in [1.807, 2.05) is 37.3 Å². The summed E-state index contributed by atoms with van der Waals surface area (Å²) in [5.41, 5.74) is 3.55. The van der Waals surface area contributed by atoms with E-state index in [4.69, 9.17) is 5.84 Å². The molecule has 0 unspecified atom stereocenters. The Kier molecular flexibility index (Phi) is 5.67. The SMILES string of the molecule is Cc1ccc(-c2cc(-c3nnc(SCC(=O)Nc4ccc(F)c(F)c4)n3N)[nH]n2)cc1. The fraction of sp³-hybridized carbons (Fsp3) is 0.100. The number of hydrogen-bond acceptors (Lipinski definition) is 6. The van der Waals surface area contributed by atoms with E-state index in [-0.39, 0.29) is 11.4 Å². The Hall–Kier alpha value is -3.73. The van der Waals surface area contributed by atoms with E-state index in [0.717, 1.165) is 40.7 Å². The molecule has 0 saturated carbocycles. The van der Waals surface area contributed by atoms with Crippen molar-refractivity contribution in [2.75, 3.05) is 16.9 Å². The average molecular weight is 441 g/mol. The molecule has 2 aromatic carbocycles. The molecule has 1 amide bonds. The minimum absolute atomic E-state index is 0.0497. The number of rotatable bonds is 6. The number of nitrogen functional groups attached to an aromatic ring is 1. The van der Waals surface area contributed by atoms with Crippen LogP contribution in [0.2, 0.25) is 0 Å². The molecule has 31 heavy (non-hydrogen) atoms. The topological polar surface area (TPSA) is 115 Å². The first-order valence-electron chi connectivity index (χ1n) is 9.12. The van der Waals surface area contributed by atoms with Gasteiger partial charge in [0.25, 0.3) is 0 Å². The molecule has 0 radical (unpaired) electrons. The Morgan fingerprint density at radius 1 is 1.13 bits per heavy atom. The zero-order chi connectivity index (χ0) is 22.0. The van der Waals surface area contributed by atoms with E-state index in [1.165, 1.54) is 10.7 Å². The fourth-order valence-electron chi connectivity index (χ4n) is 2.77. The van der Waals surface area contributed by atoms with Crippen molar-refractivity contribution in [2.24, 2.45) is 0 Å². The number of thioether (sulfide) groups is 1. The van der Waals surface area contributed by atoms with Crippen LogP contribution in [0.1, 0.15) is 5.56 Å². The predicted octanol–water partition coefficient (Wildman–Crippen LogP) is 3.37. The van der Waals surface area contributed by atoms with Gasteiger partial charge >= 0.3 is 0 Å². The van der Waals surface area contributed by atoms with Crippen molar-refractivity contribution in [2.45, 2.75) is 12.1 Å². The zero-order valence-electron chi connectivity index (χ0n) is 16.3. The van der Waals surface area contributed by atoms with Crippen molar-refractivity contribution in [3.8, 4) is 22.8 Å². The number of amides is 1. The fourth-order valence-corrected chi connectivity index (χ4v) is 3.43. The van der Waals surface area contributed by atoms with Crippen molar-refractivity contribution in [1.82, 2.24) is 25.1 Å². The molecule has 0 aliphatic heterocycles. The maximum absolute atomic E-state index is 13.2. The molecular formula is C20H17F2N7OS. The van der Waals surface area contributed by atoms with Gasteiger partial charge in [-0.1, -0.05) is 41.6 Å². The van der Waals surface area contributed by atoms with Crippen LogP contribution in [0.5, 0.6) is 0 Å². The van der Waals surface area contributed by atoms with Crippen LogP contribution in [0.3, 0.4) is 0 Å². The molecule has 8 nitrogen and oxygen atoms in total. The van der Waals surface area contributed by atoms with Gasteiger partial charge in [0.2, 0.25) is 16.9 Å². The molecule has 0 saturated heterocycles. The van der Waals surface area contributed by atoms with Gasteiger partial charge in [-0.15, -0.1) is 10.2 Å². The monoisotopic (exact) mass is 441 g/mol. The predicted molar refractivity (Wildman–Crippen MR) is 114 cm³/mol. The van der Waals surface area contributed by atoms with Crippen LogP contribution in [-0.2, 0) is 4.79 Å². The van der Waals surface area contributed by atoms with Crippen LogP contribution in [0.4, 0.5) is 14.5 Å². The molecule has 4 aromatic rings. The third kappa shape index (κ3) is 4.56. The molecule has 0 spiro atoms. The van der Waals surface area contributed by atoms with Crippen molar-refractivity contribution in [3.05, 3.63) is 65.7 Å². The first-order valence-corrected chi connectivity index (χ1v) is 10.1. The summed E-state index contributed by atoms with van der Waals surface area (Å²) < 4.78 is 27.5. The van der Waals surface area contributed by atoms with Crippen LogP contribution in [0, 0.1) is 18.6 Å². The van der Waals surface area contributed by atoms with E-state index < -0.39 is 17.5 Å². The second-order valence-electron chi connectivity index (χ2n) is 6.67. The van der Waals surface area contributed by atoms with Crippen LogP contribution < -0.4 is 11.2 Å². The van der Waals surface area contributed by atoms with Gasteiger partial charge in [-0.05, 0) is 25.1 Å². The van der Waals surface area contributed by atoms with E-state index in [1.54, 1.807) is 0 Å². The summed E-state index contributed by atoms with van der Waals surface area (Å²) in [5.74, 6) is 3.93. The Morgan fingerprint density at radius 3 is 2.65 bits per heavy atom. The lowest BCUT2D eigenvalue weighted by molar-refractivity contribution is -0.113. The zero-order valence-corrected chi connectivity index (χ0v) is 17.1. The standard InChI is InChI=1S/C20H17F2N7OS/c1-11-2-4-12(5-3-11)16-9-17(26-25-16)19-27-28-20(29(19)23)31-10-18(30)24-13-6-7-14(21)15(22)8-13/h2-9H,10,23H2,1H3,(H,24,30)(H,25,26). The minimum Gasteiger partial charge on any atom is -0.335 e. The number of carbonyl (C=O) groups excluding carboxylic acids is 1. The van der Waals surface area contributed by atoms with Crippen molar-refractivity contribution in [1.29, 1.82) is 0 Å². The lowest BCUT2D eigenvalue weighted by Crippen LogP contribution is -2.16. The molecule has 4 rings (SSSR count). The number of nitrogens with two attached hydrogens (primary N) is 1. The lowest BCUT2D eigenvalue weighted by Gasteiger charge is -2.05. The van der Waals surface area contributed by atoms with E-state index in [9.17, 15) is 13.6 Å². The largest absolute Gasteiger partial charge is 0.335 e. The van der Waals surface area contributed by atoms with E-state index in [2.05, 4.69) is 25.7 Å². The second kappa shape index (κ2) is 8.56. The maximum atomic E-state index is 13.2. The summed E-state index contributed by atoms with van der Waals surface area (Å²) in [7, 11) is 0. The summed E-state index contributed by atoms with van der Waals surface area (Å²) in [5, 5.41) is 18.0. The third-order valence-corrected chi connectivity index (χ3v) is 5.31. The third-order valence-electron chi connectivity index (χ3n) is 4.37. The molecule has 2 heterocycles. The number of hydrogen-bond donors (Lipinski definition) is 3. The van der Waals surface area contributed by atoms with E-state index >= 15 is 0 Å². The van der Waals surface area contributed by atoms with Crippen LogP contribution >= 0.6 is 11.8 Å². The highest BCUT2D eigenvalue weighted by Gasteiger charge is 2.16. The Bertz CT molecular complexity index is 1240. The molecule has 0 atom stereocenters. The van der Waals surface area contributed by atoms with Crippen LogP contribution in [0.25, 0.3) is 22.8 Å². The number of H-pyrrole nitrogens is 1. The number of aromatic nitrogens is 5. The summed E-state index contributed by atoms with van der Waals surface area (Å²) in [4.78, 5) is 12.1. The molecule has 0 bridgehead atoms. The van der Waals surface area contributed by atoms with Crippen molar-refractivity contribution < 1.29 is 13.6 Å². The Balaban J connectivity index is 1.42. The quantitative estimate of drug-likeness (QED) is 0.312. The summed E-state index contributed by atoms with van der Waals surface area (Å²) in [6, 6.07) is 12.9. The first kappa shape index (κ1) is 20.5. The molecular weight excluding hydrogens is 424 g/mol. The van der Waals surface area contributed by atoms with Gasteiger partial charge in [-0.2, -0.15) is 5.10 Å². The Labute approximate surface area is 179 Å². The van der Waals surface area contributed by atoms with Crippen molar-refractivity contribution >= 4 is 23.4 Å². The van der Waals surface area contributed by atoms with Gasteiger partial charge in [0.15, 0.2) is 11.6 Å². The average Bonchev–Trinajstić information content (AvgIpc) is 3.36. The van der Waals surface area contributed by atoms with Gasteiger partial charge in [0, 0.05) is 17.3 Å². The maximum Gasteiger partial charge on any atom is 0.234 e. The number of benzene rings is 2. The molecule has 0 fully saturated rings. The highest BCUT2D eigenvalue weighted by atomic mass is 32.2. The van der Waals surface area contributed by atoms with Crippen LogP contribution in [-0.4, -0.2) is 36.7 Å². The highest BCUT2D eigenvalue weighted by Crippen LogP contribution is 2.25. The van der Waals surface area contributed by atoms with Gasteiger partial charge in [0.05, 0.1) is 11.4 Å².